The molecule has 1 rings (SSSR count). The van der Waals surface area contributed by atoms with Gasteiger partial charge in [0.05, 0.1) is 5.75 Å². The molecule has 0 spiro atoms. The molecule has 0 amide bonds. The number of nitrogens with one attached hydrogen (secondary N) is 1. The number of aliphatic carboxylic acids is 1. The summed E-state index contributed by atoms with van der Waals surface area (Å²) >= 11 is 1.48. The predicted octanol–water partition coefficient (Wildman–Crippen LogP) is 0.750. The van der Waals surface area contributed by atoms with Crippen LogP contribution < -0.4 is 4.72 Å². The fourth-order valence-corrected chi connectivity index (χ4v) is 3.29. The molecule has 20 heavy (non-hydrogen) atoms. The average Bonchev–Trinajstić information content (AvgIpc) is 2.42. The van der Waals surface area contributed by atoms with Crippen LogP contribution in [0.25, 0.3) is 0 Å². The Balaban J connectivity index is 2.56. The van der Waals surface area contributed by atoms with Crippen molar-refractivity contribution in [2.24, 2.45) is 0 Å². The van der Waals surface area contributed by atoms with Crippen molar-refractivity contribution in [3.63, 3.8) is 0 Å². The highest BCUT2D eigenvalue weighted by atomic mass is 32.2. The van der Waals surface area contributed by atoms with E-state index < -0.39 is 22.0 Å². The lowest BCUT2D eigenvalue weighted by molar-refractivity contribution is -0.139. The van der Waals surface area contributed by atoms with Gasteiger partial charge in [-0.15, -0.1) is 0 Å². The van der Waals surface area contributed by atoms with Crippen molar-refractivity contribution in [2.75, 3.05) is 17.8 Å². The highest BCUT2D eigenvalue weighted by Gasteiger charge is 2.23. The zero-order valence-corrected chi connectivity index (χ0v) is 12.8. The van der Waals surface area contributed by atoms with Crippen LogP contribution in [0.1, 0.15) is 12.0 Å². The Morgan fingerprint density at radius 1 is 1.45 bits per heavy atom. The molecule has 8 heteroatoms. The second kappa shape index (κ2) is 8.23. The van der Waals surface area contributed by atoms with Gasteiger partial charge in [-0.25, -0.2) is 13.1 Å². The molecule has 0 bridgehead atoms. The number of nitrogens with zero attached hydrogens (tertiary/aromatic N) is 1. The molecule has 6 nitrogen and oxygen atoms in total. The van der Waals surface area contributed by atoms with Crippen molar-refractivity contribution < 1.29 is 18.3 Å². The molecular formula is C12H18N2O4S2. The quantitative estimate of drug-likeness (QED) is 0.697. The van der Waals surface area contributed by atoms with E-state index in [1.165, 1.54) is 11.8 Å². The van der Waals surface area contributed by atoms with Gasteiger partial charge < -0.3 is 5.11 Å². The van der Waals surface area contributed by atoms with Gasteiger partial charge in [-0.2, -0.15) is 11.8 Å². The molecule has 0 aliphatic heterocycles. The topological polar surface area (TPSA) is 96.4 Å². The standard InChI is InChI=1S/C12H18N2O4S2/c1-19-8-4-11(12(15)16)14-20(17,18)9-5-10-2-6-13-7-3-10/h2-3,6-7,11,14H,4-5,8-9H2,1H3,(H,15,16). The predicted molar refractivity (Wildman–Crippen MR) is 79.3 cm³/mol. The number of sulfonamides is 1. The molecule has 0 aliphatic carbocycles. The summed E-state index contributed by atoms with van der Waals surface area (Å²) in [6.45, 7) is 0. The fourth-order valence-electron chi connectivity index (χ4n) is 1.55. The first-order valence-corrected chi connectivity index (χ1v) is 9.10. The first-order chi connectivity index (χ1) is 9.44. The van der Waals surface area contributed by atoms with E-state index in [1.54, 1.807) is 24.5 Å². The van der Waals surface area contributed by atoms with Gasteiger partial charge in [0, 0.05) is 12.4 Å². The maximum Gasteiger partial charge on any atom is 0.321 e. The van der Waals surface area contributed by atoms with Gasteiger partial charge in [0.25, 0.3) is 0 Å². The van der Waals surface area contributed by atoms with Crippen LogP contribution in [0, 0.1) is 0 Å². The lowest BCUT2D eigenvalue weighted by atomic mass is 10.2. The van der Waals surface area contributed by atoms with Crippen LogP contribution in [0.5, 0.6) is 0 Å². The second-order valence-electron chi connectivity index (χ2n) is 4.21. The molecule has 112 valence electrons. The van der Waals surface area contributed by atoms with Crippen LogP contribution in [-0.2, 0) is 21.2 Å². The average molecular weight is 318 g/mol. The van der Waals surface area contributed by atoms with Crippen LogP contribution in [0.3, 0.4) is 0 Å². The van der Waals surface area contributed by atoms with Crippen molar-refractivity contribution in [3.05, 3.63) is 30.1 Å². The van der Waals surface area contributed by atoms with Crippen molar-refractivity contribution in [2.45, 2.75) is 18.9 Å². The summed E-state index contributed by atoms with van der Waals surface area (Å²) in [5, 5.41) is 9.00. The number of pyridine rings is 1. The first-order valence-electron chi connectivity index (χ1n) is 6.05. The Morgan fingerprint density at radius 2 is 2.10 bits per heavy atom. The van der Waals surface area contributed by atoms with Crippen molar-refractivity contribution in [3.8, 4) is 0 Å². The summed E-state index contributed by atoms with van der Waals surface area (Å²) in [6, 6.07) is 2.40. The Morgan fingerprint density at radius 3 is 2.65 bits per heavy atom. The molecule has 0 saturated heterocycles. The highest BCUT2D eigenvalue weighted by molar-refractivity contribution is 7.98. The van der Waals surface area contributed by atoms with Gasteiger partial charge in [0.2, 0.25) is 10.0 Å². The molecule has 1 unspecified atom stereocenters. The van der Waals surface area contributed by atoms with E-state index in [2.05, 4.69) is 9.71 Å². The van der Waals surface area contributed by atoms with Gasteiger partial charge in [-0.3, -0.25) is 9.78 Å². The van der Waals surface area contributed by atoms with E-state index in [-0.39, 0.29) is 12.2 Å². The minimum absolute atomic E-state index is 0.139. The summed E-state index contributed by atoms with van der Waals surface area (Å²) in [4.78, 5) is 14.9. The van der Waals surface area contributed by atoms with Crippen LogP contribution in [-0.4, -0.2) is 48.3 Å². The smallest absolute Gasteiger partial charge is 0.321 e. The van der Waals surface area contributed by atoms with Crippen LogP contribution in [0.4, 0.5) is 0 Å². The van der Waals surface area contributed by atoms with E-state index in [9.17, 15) is 13.2 Å². The maximum atomic E-state index is 11.9. The number of carbonyl (C=O) groups is 1. The summed E-state index contributed by atoms with van der Waals surface area (Å²) in [6.07, 6.45) is 5.62. The SMILES string of the molecule is CSCCC(NS(=O)(=O)CCc1ccncc1)C(=O)O. The summed E-state index contributed by atoms with van der Waals surface area (Å²) in [7, 11) is -3.61. The lowest BCUT2D eigenvalue weighted by Gasteiger charge is -2.14. The fraction of sp³-hybridized carbons (Fsp3) is 0.500. The molecule has 1 atom stereocenters. The Kier molecular flexibility index (Phi) is 6.97. The molecule has 0 fully saturated rings. The second-order valence-corrected chi connectivity index (χ2v) is 7.07. The molecule has 0 aromatic carbocycles. The minimum Gasteiger partial charge on any atom is -0.480 e. The van der Waals surface area contributed by atoms with Crippen molar-refractivity contribution in [1.29, 1.82) is 0 Å². The highest BCUT2D eigenvalue weighted by Crippen LogP contribution is 2.05. The number of hydrogen-bond donors (Lipinski definition) is 2. The number of aromatic nitrogens is 1. The van der Waals surface area contributed by atoms with Crippen LogP contribution in [0.2, 0.25) is 0 Å². The third-order valence-electron chi connectivity index (χ3n) is 2.64. The largest absolute Gasteiger partial charge is 0.480 e. The van der Waals surface area contributed by atoms with E-state index >= 15 is 0 Å². The zero-order valence-electron chi connectivity index (χ0n) is 11.2. The molecule has 2 N–H and O–H groups in total. The van der Waals surface area contributed by atoms with E-state index in [0.717, 1.165) is 5.56 Å². The third-order valence-corrected chi connectivity index (χ3v) is 4.67. The third kappa shape index (κ3) is 6.36. The normalized spacial score (nSPS) is 13.1. The molecule has 1 heterocycles. The number of hydrogen-bond acceptors (Lipinski definition) is 5. The van der Waals surface area contributed by atoms with Gasteiger partial charge >= 0.3 is 5.97 Å². The van der Waals surface area contributed by atoms with Crippen molar-refractivity contribution in [1.82, 2.24) is 9.71 Å². The van der Waals surface area contributed by atoms with Crippen LogP contribution >= 0.6 is 11.8 Å². The first kappa shape index (κ1) is 16.9. The summed E-state index contributed by atoms with van der Waals surface area (Å²) < 4.78 is 26.0. The molecule has 1 aromatic heterocycles. The van der Waals surface area contributed by atoms with E-state index in [0.29, 0.717) is 12.2 Å². The van der Waals surface area contributed by atoms with Gasteiger partial charge in [0.1, 0.15) is 6.04 Å². The summed E-state index contributed by atoms with van der Waals surface area (Å²) in [5.41, 5.74) is 0.848. The Bertz CT molecular complexity index is 520. The Hall–Kier alpha value is -1.12. The number of carboxylic acids is 1. The number of aryl methyl sites for hydroxylation is 1. The van der Waals surface area contributed by atoms with Crippen molar-refractivity contribution >= 4 is 27.8 Å². The molecule has 1 aromatic rings. The summed E-state index contributed by atoms with van der Waals surface area (Å²) in [5.74, 6) is -0.698. The monoisotopic (exact) mass is 318 g/mol. The zero-order chi connectivity index (χ0) is 15.0. The van der Waals surface area contributed by atoms with Gasteiger partial charge in [-0.05, 0) is 42.5 Å². The Labute approximate surface area is 123 Å². The lowest BCUT2D eigenvalue weighted by Crippen LogP contribution is -2.42. The van der Waals surface area contributed by atoms with Crippen LogP contribution in [0.15, 0.2) is 24.5 Å². The number of rotatable bonds is 9. The molecule has 0 radical (unpaired) electrons. The maximum absolute atomic E-state index is 11.9. The molecule has 0 aliphatic rings. The van der Waals surface area contributed by atoms with Gasteiger partial charge in [0.15, 0.2) is 0 Å². The number of thioether (sulfide) groups is 1. The molecule has 0 saturated carbocycles. The van der Waals surface area contributed by atoms with E-state index in [1.807, 2.05) is 6.26 Å². The van der Waals surface area contributed by atoms with Gasteiger partial charge in [-0.1, -0.05) is 0 Å². The minimum atomic E-state index is -3.61. The number of carboxylic acid groups (broad SMARTS) is 1. The molecular weight excluding hydrogens is 300 g/mol. The van der Waals surface area contributed by atoms with E-state index in [4.69, 9.17) is 5.11 Å².